The topological polar surface area (TPSA) is 46.2 Å². The Kier molecular flexibility index (Phi) is 4.22. The molecule has 0 aromatic heterocycles. The third-order valence-corrected chi connectivity index (χ3v) is 4.56. The molecule has 1 aliphatic rings. The van der Waals surface area contributed by atoms with E-state index in [4.69, 9.17) is 40.5 Å². The van der Waals surface area contributed by atoms with Gasteiger partial charge in [0.1, 0.15) is 0 Å². The Balaban J connectivity index is 2.29. The van der Waals surface area contributed by atoms with Gasteiger partial charge in [0.25, 0.3) is 0 Å². The summed E-state index contributed by atoms with van der Waals surface area (Å²) in [5, 5.41) is 11.3. The highest BCUT2D eigenvalue weighted by molar-refractivity contribution is 6.44. The number of benzene rings is 1. The molecule has 2 atom stereocenters. The van der Waals surface area contributed by atoms with E-state index in [1.54, 1.807) is 12.1 Å². The molecule has 0 heterocycles. The highest BCUT2D eigenvalue weighted by Crippen LogP contribution is 2.40. The highest BCUT2D eigenvalue weighted by atomic mass is 35.5. The number of aliphatic hydroxyl groups is 1. The number of hydrogen-bond acceptors (Lipinski definition) is 2. The second-order valence-corrected chi connectivity index (χ2v) is 5.66. The van der Waals surface area contributed by atoms with E-state index in [0.29, 0.717) is 20.6 Å². The monoisotopic (exact) mass is 293 g/mol. The van der Waals surface area contributed by atoms with Crippen molar-refractivity contribution in [2.75, 3.05) is 0 Å². The fourth-order valence-electron chi connectivity index (χ4n) is 2.09. The smallest absolute Gasteiger partial charge is 0.0761 e. The van der Waals surface area contributed by atoms with Crippen molar-refractivity contribution in [3.8, 4) is 0 Å². The summed E-state index contributed by atoms with van der Waals surface area (Å²) < 4.78 is 0. The van der Waals surface area contributed by atoms with Gasteiger partial charge in [0.15, 0.2) is 0 Å². The fourth-order valence-corrected chi connectivity index (χ4v) is 2.88. The molecular formula is C12H14Cl3NO. The molecule has 2 rings (SSSR count). The van der Waals surface area contributed by atoms with E-state index >= 15 is 0 Å². The molecule has 1 aromatic carbocycles. The van der Waals surface area contributed by atoms with Crippen molar-refractivity contribution in [2.24, 2.45) is 11.7 Å². The molecule has 0 unspecified atom stereocenters. The second-order valence-electron chi connectivity index (χ2n) is 4.46. The highest BCUT2D eigenvalue weighted by Gasteiger charge is 2.32. The molecule has 0 bridgehead atoms. The van der Waals surface area contributed by atoms with Crippen molar-refractivity contribution in [3.05, 3.63) is 32.8 Å². The van der Waals surface area contributed by atoms with Gasteiger partial charge in [-0.25, -0.2) is 0 Å². The zero-order chi connectivity index (χ0) is 12.6. The van der Waals surface area contributed by atoms with Crippen LogP contribution in [0.4, 0.5) is 0 Å². The Morgan fingerprint density at radius 3 is 2.29 bits per heavy atom. The van der Waals surface area contributed by atoms with Crippen molar-refractivity contribution in [1.29, 1.82) is 0 Å². The van der Waals surface area contributed by atoms with Crippen LogP contribution in [0.2, 0.25) is 15.1 Å². The quantitative estimate of drug-likeness (QED) is 0.833. The first kappa shape index (κ1) is 13.4. The van der Waals surface area contributed by atoms with Gasteiger partial charge in [0.2, 0.25) is 0 Å². The van der Waals surface area contributed by atoms with E-state index < -0.39 is 12.1 Å². The first-order valence-corrected chi connectivity index (χ1v) is 6.72. The molecular weight excluding hydrogens is 280 g/mol. The van der Waals surface area contributed by atoms with Gasteiger partial charge in [-0.05, 0) is 30.9 Å². The summed E-state index contributed by atoms with van der Waals surface area (Å²) in [6, 6.07) is 2.69. The summed E-state index contributed by atoms with van der Waals surface area (Å²) >= 11 is 18.1. The lowest BCUT2D eigenvalue weighted by atomic mass is 9.77. The number of rotatable bonds is 3. The molecule has 1 aromatic rings. The first-order chi connectivity index (χ1) is 8.02. The minimum Gasteiger partial charge on any atom is -0.391 e. The largest absolute Gasteiger partial charge is 0.391 e. The Hall–Kier alpha value is 0.01000. The van der Waals surface area contributed by atoms with Crippen LogP contribution in [0.1, 0.15) is 30.9 Å². The minimum absolute atomic E-state index is 0.246. The van der Waals surface area contributed by atoms with Gasteiger partial charge in [0, 0.05) is 10.6 Å². The molecule has 0 saturated heterocycles. The number of nitrogens with two attached hydrogens (primary N) is 1. The molecule has 1 aliphatic carbocycles. The summed E-state index contributed by atoms with van der Waals surface area (Å²) in [4.78, 5) is 0. The number of halogens is 3. The minimum atomic E-state index is -0.614. The van der Waals surface area contributed by atoms with Gasteiger partial charge in [-0.1, -0.05) is 41.2 Å². The normalized spacial score (nSPS) is 19.8. The maximum absolute atomic E-state index is 10.1. The Morgan fingerprint density at radius 2 is 1.76 bits per heavy atom. The molecule has 0 aliphatic heterocycles. The Labute approximate surface area is 116 Å². The molecule has 0 amide bonds. The van der Waals surface area contributed by atoms with Crippen LogP contribution < -0.4 is 5.73 Å². The lowest BCUT2D eigenvalue weighted by molar-refractivity contribution is 0.0414. The summed E-state index contributed by atoms with van der Waals surface area (Å²) in [7, 11) is 0. The van der Waals surface area contributed by atoms with Gasteiger partial charge in [-0.15, -0.1) is 0 Å². The van der Waals surface area contributed by atoms with E-state index in [1.165, 1.54) is 0 Å². The fraction of sp³-hybridized carbons (Fsp3) is 0.500. The molecule has 1 saturated carbocycles. The van der Waals surface area contributed by atoms with Crippen LogP contribution in [0.3, 0.4) is 0 Å². The third-order valence-electron chi connectivity index (χ3n) is 3.41. The maximum Gasteiger partial charge on any atom is 0.0761 e. The summed E-state index contributed by atoms with van der Waals surface area (Å²) in [6.07, 6.45) is 2.54. The Bertz CT molecular complexity index is 420. The van der Waals surface area contributed by atoms with Crippen molar-refractivity contribution in [1.82, 2.24) is 0 Å². The first-order valence-electron chi connectivity index (χ1n) is 5.59. The van der Waals surface area contributed by atoms with E-state index in [0.717, 1.165) is 19.3 Å². The summed E-state index contributed by atoms with van der Waals surface area (Å²) in [6.45, 7) is 0. The van der Waals surface area contributed by atoms with Crippen LogP contribution in [0, 0.1) is 5.92 Å². The standard InChI is InChI=1S/C12H14Cl3NO/c13-7-4-5-8(14)10(15)9(7)11(16)12(17)6-2-1-3-6/h4-6,11-12,17H,1-3,16H2/t11-,12+/m0/s1. The van der Waals surface area contributed by atoms with E-state index in [9.17, 15) is 5.11 Å². The average Bonchev–Trinajstić information content (AvgIpc) is 2.21. The van der Waals surface area contributed by atoms with E-state index in [1.807, 2.05) is 0 Å². The predicted molar refractivity (Wildman–Crippen MR) is 71.7 cm³/mol. The van der Waals surface area contributed by atoms with E-state index in [2.05, 4.69) is 0 Å². The average molecular weight is 295 g/mol. The number of aliphatic hydroxyl groups excluding tert-OH is 1. The zero-order valence-electron chi connectivity index (χ0n) is 9.17. The van der Waals surface area contributed by atoms with Gasteiger partial charge in [-0.3, -0.25) is 0 Å². The van der Waals surface area contributed by atoms with Crippen molar-refractivity contribution < 1.29 is 5.11 Å². The second kappa shape index (κ2) is 5.33. The van der Waals surface area contributed by atoms with Gasteiger partial charge in [0.05, 0.1) is 22.2 Å². The van der Waals surface area contributed by atoms with Gasteiger partial charge >= 0.3 is 0 Å². The lowest BCUT2D eigenvalue weighted by Gasteiger charge is -2.34. The molecule has 5 heteroatoms. The molecule has 1 fully saturated rings. The lowest BCUT2D eigenvalue weighted by Crippen LogP contribution is -2.36. The summed E-state index contributed by atoms with van der Waals surface area (Å²) in [5.41, 5.74) is 6.58. The van der Waals surface area contributed by atoms with Crippen LogP contribution >= 0.6 is 34.8 Å². The zero-order valence-corrected chi connectivity index (χ0v) is 11.4. The predicted octanol–water partition coefficient (Wildman–Crippen LogP) is 3.81. The SMILES string of the molecule is N[C@@H](c1c(Cl)ccc(Cl)c1Cl)[C@H](O)C1CCC1. The Morgan fingerprint density at radius 1 is 1.18 bits per heavy atom. The number of hydrogen-bond donors (Lipinski definition) is 2. The van der Waals surface area contributed by atoms with Gasteiger partial charge in [-0.2, -0.15) is 0 Å². The third kappa shape index (κ3) is 2.56. The molecule has 3 N–H and O–H groups in total. The van der Waals surface area contributed by atoms with Crippen LogP contribution in [0.25, 0.3) is 0 Å². The van der Waals surface area contributed by atoms with Crippen LogP contribution in [0.5, 0.6) is 0 Å². The molecule has 94 valence electrons. The van der Waals surface area contributed by atoms with Crippen molar-refractivity contribution in [3.63, 3.8) is 0 Å². The molecule has 0 radical (unpaired) electrons. The van der Waals surface area contributed by atoms with Crippen molar-refractivity contribution in [2.45, 2.75) is 31.4 Å². The van der Waals surface area contributed by atoms with Gasteiger partial charge < -0.3 is 10.8 Å². The van der Waals surface area contributed by atoms with Crippen molar-refractivity contribution >= 4 is 34.8 Å². The molecule has 17 heavy (non-hydrogen) atoms. The van der Waals surface area contributed by atoms with E-state index in [-0.39, 0.29) is 5.92 Å². The molecule has 2 nitrogen and oxygen atoms in total. The molecule has 0 spiro atoms. The van der Waals surface area contributed by atoms with Crippen LogP contribution in [-0.4, -0.2) is 11.2 Å². The van der Waals surface area contributed by atoms with Crippen LogP contribution in [0.15, 0.2) is 12.1 Å². The maximum atomic E-state index is 10.1. The summed E-state index contributed by atoms with van der Waals surface area (Å²) in [5.74, 6) is 0.246. The van der Waals surface area contributed by atoms with Crippen LogP contribution in [-0.2, 0) is 0 Å².